The average molecular weight is 208 g/mol. The van der Waals surface area contributed by atoms with Gasteiger partial charge in [0.2, 0.25) is 0 Å². The molecule has 0 saturated heterocycles. The molecule has 1 saturated carbocycles. The van der Waals surface area contributed by atoms with Gasteiger partial charge in [-0.05, 0) is 19.3 Å². The highest BCUT2D eigenvalue weighted by molar-refractivity contribution is 5.67. The molecule has 0 aromatic rings. The SMILES string of the molecule is CC(=O)OC[C@@]12C=CC[C@]1(C=O)CCC2. The largest absolute Gasteiger partial charge is 0.465 e. The van der Waals surface area contributed by atoms with Crippen molar-refractivity contribution < 1.29 is 14.3 Å². The number of rotatable bonds is 3. The molecular weight excluding hydrogens is 192 g/mol. The minimum atomic E-state index is -0.289. The molecule has 0 amide bonds. The van der Waals surface area contributed by atoms with Gasteiger partial charge in [-0.3, -0.25) is 4.79 Å². The van der Waals surface area contributed by atoms with Crippen LogP contribution in [0, 0.1) is 10.8 Å². The van der Waals surface area contributed by atoms with E-state index in [1.807, 2.05) is 0 Å². The quantitative estimate of drug-likeness (QED) is 0.404. The molecule has 0 unspecified atom stereocenters. The van der Waals surface area contributed by atoms with E-state index in [0.717, 1.165) is 32.0 Å². The molecule has 0 aliphatic heterocycles. The van der Waals surface area contributed by atoms with Crippen LogP contribution in [-0.4, -0.2) is 18.9 Å². The summed E-state index contributed by atoms with van der Waals surface area (Å²) in [6.45, 7) is 1.77. The molecule has 0 aromatic heterocycles. The predicted octanol–water partition coefficient (Wildman–Crippen LogP) is 1.86. The van der Waals surface area contributed by atoms with E-state index in [1.165, 1.54) is 6.92 Å². The standard InChI is InChI=1S/C12H16O3/c1-10(14)15-9-12-6-2-4-11(12,8-13)5-3-7-12/h2,6,8H,3-5,7,9H2,1H3/t11-,12+/m1/s1. The molecule has 2 aliphatic rings. The zero-order valence-electron chi connectivity index (χ0n) is 8.99. The second-order valence-corrected chi connectivity index (χ2v) is 4.67. The number of carbonyl (C=O) groups excluding carboxylic acids is 2. The maximum atomic E-state index is 11.3. The lowest BCUT2D eigenvalue weighted by molar-refractivity contribution is -0.146. The lowest BCUT2D eigenvalue weighted by atomic mass is 9.69. The monoisotopic (exact) mass is 208 g/mol. The Kier molecular flexibility index (Phi) is 2.41. The van der Waals surface area contributed by atoms with Crippen molar-refractivity contribution in [2.24, 2.45) is 10.8 Å². The van der Waals surface area contributed by atoms with E-state index in [0.29, 0.717) is 6.61 Å². The summed E-state index contributed by atoms with van der Waals surface area (Å²) in [5.41, 5.74) is -0.497. The van der Waals surface area contributed by atoms with Gasteiger partial charge in [0.25, 0.3) is 0 Å². The maximum Gasteiger partial charge on any atom is 0.302 e. The second-order valence-electron chi connectivity index (χ2n) is 4.67. The molecule has 15 heavy (non-hydrogen) atoms. The van der Waals surface area contributed by atoms with Crippen LogP contribution >= 0.6 is 0 Å². The van der Waals surface area contributed by atoms with Crippen LogP contribution in [0.2, 0.25) is 0 Å². The Bertz CT molecular complexity index is 321. The van der Waals surface area contributed by atoms with Gasteiger partial charge in [0.05, 0.1) is 0 Å². The third-order valence-electron chi connectivity index (χ3n) is 3.91. The van der Waals surface area contributed by atoms with Gasteiger partial charge in [-0.25, -0.2) is 0 Å². The van der Waals surface area contributed by atoms with Crippen LogP contribution in [0.15, 0.2) is 12.2 Å². The molecule has 2 rings (SSSR count). The van der Waals surface area contributed by atoms with Crippen LogP contribution in [0.3, 0.4) is 0 Å². The first-order chi connectivity index (χ1) is 7.14. The van der Waals surface area contributed by atoms with Crippen LogP contribution in [0.25, 0.3) is 0 Å². The van der Waals surface area contributed by atoms with Crippen molar-refractivity contribution in [1.29, 1.82) is 0 Å². The Morgan fingerprint density at radius 3 is 3.00 bits per heavy atom. The third-order valence-corrected chi connectivity index (χ3v) is 3.91. The van der Waals surface area contributed by atoms with Crippen molar-refractivity contribution >= 4 is 12.3 Å². The fourth-order valence-electron chi connectivity index (χ4n) is 2.99. The van der Waals surface area contributed by atoms with Gasteiger partial charge < -0.3 is 9.53 Å². The smallest absolute Gasteiger partial charge is 0.302 e. The van der Waals surface area contributed by atoms with E-state index >= 15 is 0 Å². The number of hydrogen-bond acceptors (Lipinski definition) is 3. The van der Waals surface area contributed by atoms with Gasteiger partial charge in [0.15, 0.2) is 0 Å². The normalized spacial score (nSPS) is 37.7. The minimum absolute atomic E-state index is 0.208. The Balaban J connectivity index is 2.20. The van der Waals surface area contributed by atoms with Crippen LogP contribution < -0.4 is 0 Å². The summed E-state index contributed by atoms with van der Waals surface area (Å²) in [4.78, 5) is 22.1. The lowest BCUT2D eigenvalue weighted by Gasteiger charge is -2.35. The fourth-order valence-corrected chi connectivity index (χ4v) is 2.99. The molecule has 1 fully saturated rings. The van der Waals surface area contributed by atoms with Crippen molar-refractivity contribution in [3.8, 4) is 0 Å². The van der Waals surface area contributed by atoms with Crippen LogP contribution in [0.5, 0.6) is 0 Å². The molecule has 2 aliphatic carbocycles. The average Bonchev–Trinajstić information content (AvgIpc) is 2.69. The summed E-state index contributed by atoms with van der Waals surface area (Å²) >= 11 is 0. The molecule has 3 nitrogen and oxygen atoms in total. The molecule has 0 heterocycles. The van der Waals surface area contributed by atoms with Crippen LogP contribution in [0.1, 0.15) is 32.6 Å². The Morgan fingerprint density at radius 1 is 1.53 bits per heavy atom. The highest BCUT2D eigenvalue weighted by Crippen LogP contribution is 2.58. The van der Waals surface area contributed by atoms with Crippen molar-refractivity contribution in [1.82, 2.24) is 0 Å². The van der Waals surface area contributed by atoms with E-state index in [2.05, 4.69) is 12.2 Å². The van der Waals surface area contributed by atoms with Crippen molar-refractivity contribution in [3.05, 3.63) is 12.2 Å². The lowest BCUT2D eigenvalue weighted by Crippen LogP contribution is -2.38. The molecule has 0 bridgehead atoms. The number of ether oxygens (including phenoxy) is 1. The fraction of sp³-hybridized carbons (Fsp3) is 0.667. The van der Waals surface area contributed by atoms with Gasteiger partial charge in [-0.2, -0.15) is 0 Å². The molecule has 2 atom stereocenters. The molecule has 0 radical (unpaired) electrons. The summed E-state index contributed by atoms with van der Waals surface area (Å²) in [5.74, 6) is -0.267. The molecule has 82 valence electrons. The summed E-state index contributed by atoms with van der Waals surface area (Å²) in [5, 5.41) is 0. The number of hydrogen-bond donors (Lipinski definition) is 0. The predicted molar refractivity (Wildman–Crippen MR) is 55.2 cm³/mol. The van der Waals surface area contributed by atoms with E-state index in [1.54, 1.807) is 0 Å². The second kappa shape index (κ2) is 3.47. The Labute approximate surface area is 89.5 Å². The summed E-state index contributed by atoms with van der Waals surface area (Å²) in [7, 11) is 0. The first-order valence-electron chi connectivity index (χ1n) is 5.42. The first kappa shape index (κ1) is 10.4. The zero-order chi connectivity index (χ0) is 10.9. The highest BCUT2D eigenvalue weighted by atomic mass is 16.5. The van der Waals surface area contributed by atoms with Crippen molar-refractivity contribution in [2.45, 2.75) is 32.6 Å². The molecular formula is C12H16O3. The number of carbonyl (C=O) groups is 2. The van der Waals surface area contributed by atoms with E-state index < -0.39 is 0 Å². The van der Waals surface area contributed by atoms with Crippen LogP contribution in [-0.2, 0) is 14.3 Å². The van der Waals surface area contributed by atoms with Gasteiger partial charge >= 0.3 is 5.97 Å². The minimum Gasteiger partial charge on any atom is -0.465 e. The van der Waals surface area contributed by atoms with Gasteiger partial charge in [0, 0.05) is 17.8 Å². The third kappa shape index (κ3) is 1.41. The topological polar surface area (TPSA) is 43.4 Å². The number of aldehydes is 1. The Morgan fingerprint density at radius 2 is 2.33 bits per heavy atom. The van der Waals surface area contributed by atoms with Gasteiger partial charge in [-0.1, -0.05) is 18.6 Å². The highest BCUT2D eigenvalue weighted by Gasteiger charge is 2.55. The van der Waals surface area contributed by atoms with E-state index in [9.17, 15) is 9.59 Å². The van der Waals surface area contributed by atoms with Gasteiger partial charge in [0.1, 0.15) is 12.9 Å². The molecule has 0 N–H and O–H groups in total. The summed E-state index contributed by atoms with van der Waals surface area (Å²) in [6.07, 6.45) is 8.93. The summed E-state index contributed by atoms with van der Waals surface area (Å²) in [6, 6.07) is 0. The Hall–Kier alpha value is -1.12. The van der Waals surface area contributed by atoms with Crippen molar-refractivity contribution in [3.63, 3.8) is 0 Å². The number of allylic oxidation sites excluding steroid dienone is 1. The maximum absolute atomic E-state index is 11.3. The number of esters is 1. The summed E-state index contributed by atoms with van der Waals surface area (Å²) < 4.78 is 5.11. The van der Waals surface area contributed by atoms with E-state index in [4.69, 9.17) is 4.74 Å². The van der Waals surface area contributed by atoms with Crippen LogP contribution in [0.4, 0.5) is 0 Å². The van der Waals surface area contributed by atoms with E-state index in [-0.39, 0.29) is 16.8 Å². The molecule has 0 aromatic carbocycles. The molecule has 0 spiro atoms. The number of fused-ring (bicyclic) bond motifs is 1. The molecule has 3 heteroatoms. The van der Waals surface area contributed by atoms with Crippen molar-refractivity contribution in [2.75, 3.05) is 6.61 Å². The van der Waals surface area contributed by atoms with Gasteiger partial charge in [-0.15, -0.1) is 0 Å². The zero-order valence-corrected chi connectivity index (χ0v) is 8.99. The first-order valence-corrected chi connectivity index (χ1v) is 5.42.